The predicted octanol–water partition coefficient (Wildman–Crippen LogP) is 3.16. The molecule has 2 aliphatic carbocycles. The molecule has 6 heteroatoms. The Bertz CT molecular complexity index is 932. The van der Waals surface area contributed by atoms with Crippen LogP contribution in [0, 0.1) is 11.3 Å². The summed E-state index contributed by atoms with van der Waals surface area (Å²) in [6.07, 6.45) is 7.57. The summed E-state index contributed by atoms with van der Waals surface area (Å²) < 4.78 is 5.19. The molecule has 140 valence electrons. The van der Waals surface area contributed by atoms with Crippen molar-refractivity contribution < 1.29 is 14.3 Å². The number of nitrogens with zero attached hydrogens (tertiary/aromatic N) is 1. The van der Waals surface area contributed by atoms with Gasteiger partial charge in [0.1, 0.15) is 5.54 Å². The molecule has 1 saturated carbocycles. The zero-order valence-corrected chi connectivity index (χ0v) is 15.3. The third kappa shape index (κ3) is 3.42. The summed E-state index contributed by atoms with van der Waals surface area (Å²) >= 11 is 0. The number of aryl methyl sites for hydroxylation is 2. The highest BCUT2D eigenvalue weighted by Gasteiger charge is 2.35. The van der Waals surface area contributed by atoms with E-state index in [4.69, 9.17) is 4.74 Å². The molecule has 0 aliphatic heterocycles. The number of ether oxygens (including phenoxy) is 1. The van der Waals surface area contributed by atoms with Gasteiger partial charge in [0.25, 0.3) is 5.91 Å². The first kappa shape index (κ1) is 17.6. The van der Waals surface area contributed by atoms with Crippen molar-refractivity contribution in [3.8, 4) is 6.07 Å². The number of carbonyl (C=O) groups excluding carboxylic acids is 2. The van der Waals surface area contributed by atoms with Crippen molar-refractivity contribution in [3.63, 3.8) is 0 Å². The first-order valence-corrected chi connectivity index (χ1v) is 9.63. The van der Waals surface area contributed by atoms with Crippen LogP contribution in [0.1, 0.15) is 60.1 Å². The Hall–Kier alpha value is -2.81. The molecule has 1 aromatic heterocycles. The van der Waals surface area contributed by atoms with E-state index in [0.717, 1.165) is 43.0 Å². The van der Waals surface area contributed by atoms with E-state index in [0.29, 0.717) is 18.4 Å². The predicted molar refractivity (Wildman–Crippen MR) is 100 cm³/mol. The fourth-order valence-electron chi connectivity index (χ4n) is 4.29. The second-order valence-corrected chi connectivity index (χ2v) is 7.57. The fourth-order valence-corrected chi connectivity index (χ4v) is 4.29. The maximum Gasteiger partial charge on any atom is 0.338 e. The molecule has 1 heterocycles. The van der Waals surface area contributed by atoms with Crippen LogP contribution in [-0.4, -0.2) is 29.0 Å². The molecule has 27 heavy (non-hydrogen) atoms. The van der Waals surface area contributed by atoms with Gasteiger partial charge in [-0.3, -0.25) is 4.79 Å². The minimum atomic E-state index is -0.799. The number of hydrogen-bond acceptors (Lipinski definition) is 4. The Balaban J connectivity index is 1.42. The topological polar surface area (TPSA) is 95.0 Å². The van der Waals surface area contributed by atoms with Crippen LogP contribution in [0.4, 0.5) is 0 Å². The lowest BCUT2D eigenvalue weighted by molar-refractivity contribution is -0.125. The molecule has 1 fully saturated rings. The van der Waals surface area contributed by atoms with Crippen molar-refractivity contribution in [2.75, 3.05) is 6.61 Å². The van der Waals surface area contributed by atoms with E-state index in [-0.39, 0.29) is 6.61 Å². The first-order valence-electron chi connectivity index (χ1n) is 9.63. The minimum Gasteiger partial charge on any atom is -0.452 e. The molecular formula is C21H23N3O3. The Morgan fingerprint density at radius 2 is 1.96 bits per heavy atom. The number of aromatic nitrogens is 1. The number of aromatic amines is 1. The average molecular weight is 365 g/mol. The van der Waals surface area contributed by atoms with E-state index in [9.17, 15) is 14.9 Å². The molecule has 2 aromatic rings. The number of fused-ring (bicyclic) bond motifs is 3. The molecule has 0 spiro atoms. The highest BCUT2D eigenvalue weighted by molar-refractivity contribution is 5.97. The maximum atomic E-state index is 12.4. The van der Waals surface area contributed by atoms with Crippen molar-refractivity contribution in [2.24, 2.45) is 0 Å². The van der Waals surface area contributed by atoms with Gasteiger partial charge in [0, 0.05) is 16.6 Å². The van der Waals surface area contributed by atoms with Gasteiger partial charge in [-0.15, -0.1) is 0 Å². The monoisotopic (exact) mass is 365 g/mol. The van der Waals surface area contributed by atoms with Crippen molar-refractivity contribution in [3.05, 3.63) is 35.0 Å². The van der Waals surface area contributed by atoms with Crippen molar-refractivity contribution in [2.45, 2.75) is 56.9 Å². The van der Waals surface area contributed by atoms with Crippen LogP contribution in [0.25, 0.3) is 10.9 Å². The van der Waals surface area contributed by atoms with Gasteiger partial charge in [-0.05, 0) is 75.1 Å². The molecule has 4 rings (SSSR count). The van der Waals surface area contributed by atoms with Gasteiger partial charge in [0.2, 0.25) is 0 Å². The summed E-state index contributed by atoms with van der Waals surface area (Å²) in [5.41, 5.74) is 3.24. The van der Waals surface area contributed by atoms with Crippen LogP contribution in [0.3, 0.4) is 0 Å². The van der Waals surface area contributed by atoms with Gasteiger partial charge in [0.15, 0.2) is 6.61 Å². The number of benzene rings is 1. The highest BCUT2D eigenvalue weighted by atomic mass is 16.5. The molecule has 0 bridgehead atoms. The molecule has 0 unspecified atom stereocenters. The van der Waals surface area contributed by atoms with Gasteiger partial charge in [-0.1, -0.05) is 0 Å². The summed E-state index contributed by atoms with van der Waals surface area (Å²) in [6, 6.07) is 7.67. The van der Waals surface area contributed by atoms with E-state index in [1.165, 1.54) is 17.7 Å². The standard InChI is InChI=1S/C21H23N3O3/c22-13-21(9-3-4-10-21)24-19(25)12-27-20(26)14-7-8-18-16(11-14)15-5-1-2-6-17(15)23-18/h7-8,11,23H,1-6,9-10,12H2,(H,24,25). The third-order valence-corrected chi connectivity index (χ3v) is 5.72. The average Bonchev–Trinajstić information content (AvgIpc) is 3.30. The number of nitriles is 1. The number of hydrogen-bond donors (Lipinski definition) is 2. The van der Waals surface area contributed by atoms with E-state index in [1.807, 2.05) is 12.1 Å². The number of nitrogens with one attached hydrogen (secondary N) is 2. The molecule has 2 N–H and O–H groups in total. The lowest BCUT2D eigenvalue weighted by Crippen LogP contribution is -2.46. The van der Waals surface area contributed by atoms with E-state index < -0.39 is 17.4 Å². The number of esters is 1. The zero-order valence-electron chi connectivity index (χ0n) is 15.3. The zero-order chi connectivity index (χ0) is 18.9. The quantitative estimate of drug-likeness (QED) is 0.814. The first-order chi connectivity index (χ1) is 13.1. The summed E-state index contributed by atoms with van der Waals surface area (Å²) in [6.45, 7) is -0.369. The maximum absolute atomic E-state index is 12.4. The van der Waals surface area contributed by atoms with Crippen LogP contribution in [-0.2, 0) is 22.4 Å². The molecule has 0 radical (unpaired) electrons. The number of H-pyrrole nitrogens is 1. The van der Waals surface area contributed by atoms with Crippen molar-refractivity contribution >= 4 is 22.8 Å². The van der Waals surface area contributed by atoms with Crippen LogP contribution < -0.4 is 5.32 Å². The van der Waals surface area contributed by atoms with Crippen LogP contribution in [0.2, 0.25) is 0 Å². The molecule has 6 nitrogen and oxygen atoms in total. The molecule has 2 aliphatic rings. The molecule has 0 saturated heterocycles. The lowest BCUT2D eigenvalue weighted by Gasteiger charge is -2.21. The molecule has 1 aromatic carbocycles. The number of rotatable bonds is 4. The second-order valence-electron chi connectivity index (χ2n) is 7.57. The van der Waals surface area contributed by atoms with Crippen molar-refractivity contribution in [1.29, 1.82) is 5.26 Å². The summed E-state index contributed by atoms with van der Waals surface area (Å²) in [5.74, 6) is -0.942. The van der Waals surface area contributed by atoms with Crippen LogP contribution in [0.15, 0.2) is 18.2 Å². The lowest BCUT2D eigenvalue weighted by atomic mass is 9.95. The summed E-state index contributed by atoms with van der Waals surface area (Å²) in [5, 5.41) is 13.1. The van der Waals surface area contributed by atoms with Gasteiger partial charge < -0.3 is 15.0 Å². The van der Waals surface area contributed by atoms with Gasteiger partial charge in [0.05, 0.1) is 11.6 Å². The summed E-state index contributed by atoms with van der Waals surface area (Å²) in [7, 11) is 0. The third-order valence-electron chi connectivity index (χ3n) is 5.72. The SMILES string of the molecule is N#CC1(NC(=O)COC(=O)c2ccc3[nH]c4c(c3c2)CCCC4)CCCC1. The normalized spacial score (nSPS) is 17.9. The Labute approximate surface area is 157 Å². The van der Waals surface area contributed by atoms with E-state index in [1.54, 1.807) is 6.07 Å². The van der Waals surface area contributed by atoms with Crippen LogP contribution >= 0.6 is 0 Å². The Morgan fingerprint density at radius 1 is 1.19 bits per heavy atom. The molecule has 1 amide bonds. The van der Waals surface area contributed by atoms with Gasteiger partial charge in [-0.25, -0.2) is 4.79 Å². The number of carbonyl (C=O) groups is 2. The fraction of sp³-hybridized carbons (Fsp3) is 0.476. The molecular weight excluding hydrogens is 342 g/mol. The Morgan fingerprint density at radius 3 is 2.74 bits per heavy atom. The van der Waals surface area contributed by atoms with Gasteiger partial charge >= 0.3 is 5.97 Å². The van der Waals surface area contributed by atoms with E-state index >= 15 is 0 Å². The minimum absolute atomic E-state index is 0.369. The largest absolute Gasteiger partial charge is 0.452 e. The molecule has 0 atom stereocenters. The Kier molecular flexibility index (Phi) is 4.61. The van der Waals surface area contributed by atoms with E-state index in [2.05, 4.69) is 16.4 Å². The highest BCUT2D eigenvalue weighted by Crippen LogP contribution is 2.30. The van der Waals surface area contributed by atoms with Gasteiger partial charge in [-0.2, -0.15) is 5.26 Å². The smallest absolute Gasteiger partial charge is 0.338 e. The second kappa shape index (κ2) is 7.07. The van der Waals surface area contributed by atoms with Crippen LogP contribution in [0.5, 0.6) is 0 Å². The number of amides is 1. The van der Waals surface area contributed by atoms with Crippen molar-refractivity contribution in [1.82, 2.24) is 10.3 Å². The summed E-state index contributed by atoms with van der Waals surface area (Å²) in [4.78, 5) is 27.9.